The molecule has 1 heterocycles. The number of hydrogen-bond acceptors (Lipinski definition) is 3. The number of nitrogens with zero attached hydrogens (tertiary/aromatic N) is 3. The number of carbonyl (C=O) groups excluding carboxylic acids is 1. The van der Waals surface area contributed by atoms with Gasteiger partial charge in [0.15, 0.2) is 0 Å². The molecule has 0 aliphatic rings. The highest BCUT2D eigenvalue weighted by molar-refractivity contribution is 5.71. The molecule has 1 aromatic rings. The Morgan fingerprint density at radius 1 is 1.91 bits per heavy atom. The number of primary amides is 1. The Hall–Kier alpha value is -1.59. The van der Waals surface area contributed by atoms with Gasteiger partial charge in [-0.1, -0.05) is 0 Å². The Labute approximate surface area is 63.4 Å². The second-order valence-electron chi connectivity index (χ2n) is 2.13. The van der Waals surface area contributed by atoms with Crippen LogP contribution in [0.2, 0.25) is 0 Å². The van der Waals surface area contributed by atoms with Crippen LogP contribution in [0.5, 0.6) is 0 Å². The number of amides is 2. The third-order valence-electron chi connectivity index (χ3n) is 1.23. The van der Waals surface area contributed by atoms with Gasteiger partial charge in [-0.15, -0.1) is 0 Å². The van der Waals surface area contributed by atoms with Crippen LogP contribution >= 0.6 is 0 Å². The molecular formula is C5H9N5O. The average Bonchev–Trinajstić information content (AvgIpc) is 2.39. The molecule has 1 aromatic heterocycles. The van der Waals surface area contributed by atoms with Crippen LogP contribution < -0.4 is 5.73 Å². The molecule has 0 saturated carbocycles. The van der Waals surface area contributed by atoms with Crippen LogP contribution in [0.15, 0.2) is 6.33 Å². The van der Waals surface area contributed by atoms with E-state index in [0.717, 1.165) is 0 Å². The van der Waals surface area contributed by atoms with Crippen LogP contribution in [-0.4, -0.2) is 33.2 Å². The van der Waals surface area contributed by atoms with E-state index < -0.39 is 6.03 Å². The minimum Gasteiger partial charge on any atom is -0.351 e. The standard InChI is InChI=1S/C5H9N5O/c1-10(5(6)11)2-4-7-3-8-9-4/h3H,2H2,1H3,(H2,6,11)(H,7,8,9). The van der Waals surface area contributed by atoms with E-state index in [4.69, 9.17) is 5.73 Å². The Bertz CT molecular complexity index is 231. The second kappa shape index (κ2) is 3.00. The Kier molecular flexibility index (Phi) is 2.05. The van der Waals surface area contributed by atoms with Gasteiger partial charge in [0.1, 0.15) is 12.2 Å². The third kappa shape index (κ3) is 1.92. The van der Waals surface area contributed by atoms with Gasteiger partial charge in [-0.2, -0.15) is 5.10 Å². The molecule has 3 N–H and O–H groups in total. The molecule has 0 saturated heterocycles. The molecular weight excluding hydrogens is 146 g/mol. The highest BCUT2D eigenvalue weighted by atomic mass is 16.2. The molecule has 0 fully saturated rings. The summed E-state index contributed by atoms with van der Waals surface area (Å²) in [7, 11) is 1.59. The van der Waals surface area contributed by atoms with Gasteiger partial charge in [0.2, 0.25) is 0 Å². The fraction of sp³-hybridized carbons (Fsp3) is 0.400. The van der Waals surface area contributed by atoms with Gasteiger partial charge in [-0.3, -0.25) is 5.10 Å². The summed E-state index contributed by atoms with van der Waals surface area (Å²) in [6, 6.07) is -0.485. The quantitative estimate of drug-likeness (QED) is 0.592. The second-order valence-corrected chi connectivity index (χ2v) is 2.13. The van der Waals surface area contributed by atoms with E-state index >= 15 is 0 Å². The number of nitrogens with one attached hydrogen (secondary N) is 1. The number of rotatable bonds is 2. The van der Waals surface area contributed by atoms with Crippen LogP contribution in [0.1, 0.15) is 5.82 Å². The highest BCUT2D eigenvalue weighted by Gasteiger charge is 2.04. The molecule has 0 aromatic carbocycles. The lowest BCUT2D eigenvalue weighted by Crippen LogP contribution is -2.31. The van der Waals surface area contributed by atoms with Crippen LogP contribution in [0, 0.1) is 0 Å². The van der Waals surface area contributed by atoms with E-state index in [2.05, 4.69) is 15.2 Å². The Morgan fingerprint density at radius 3 is 3.09 bits per heavy atom. The number of carbonyl (C=O) groups is 1. The number of nitrogens with two attached hydrogens (primary N) is 1. The van der Waals surface area contributed by atoms with E-state index in [1.165, 1.54) is 11.2 Å². The lowest BCUT2D eigenvalue weighted by molar-refractivity contribution is 0.215. The Morgan fingerprint density at radius 2 is 2.64 bits per heavy atom. The van der Waals surface area contributed by atoms with Gasteiger partial charge >= 0.3 is 6.03 Å². The number of aromatic nitrogens is 3. The molecule has 0 aliphatic heterocycles. The van der Waals surface area contributed by atoms with Gasteiger partial charge in [-0.25, -0.2) is 9.78 Å². The number of H-pyrrole nitrogens is 1. The average molecular weight is 155 g/mol. The first kappa shape index (κ1) is 7.52. The van der Waals surface area contributed by atoms with Crippen molar-refractivity contribution >= 4 is 6.03 Å². The fourth-order valence-electron chi connectivity index (χ4n) is 0.610. The molecule has 0 spiro atoms. The summed E-state index contributed by atoms with van der Waals surface area (Å²) in [5.41, 5.74) is 4.98. The summed E-state index contributed by atoms with van der Waals surface area (Å²) < 4.78 is 0. The third-order valence-corrected chi connectivity index (χ3v) is 1.23. The van der Waals surface area contributed by atoms with E-state index in [1.807, 2.05) is 0 Å². The SMILES string of the molecule is CN(Cc1ncn[nH]1)C(N)=O. The first-order valence-electron chi connectivity index (χ1n) is 3.05. The maximum Gasteiger partial charge on any atom is 0.314 e. The first-order chi connectivity index (χ1) is 5.20. The zero-order valence-electron chi connectivity index (χ0n) is 6.11. The maximum atomic E-state index is 10.5. The summed E-state index contributed by atoms with van der Waals surface area (Å²) >= 11 is 0. The Balaban J connectivity index is 2.50. The van der Waals surface area contributed by atoms with E-state index in [9.17, 15) is 4.79 Å². The van der Waals surface area contributed by atoms with Crippen molar-refractivity contribution in [3.63, 3.8) is 0 Å². The number of hydrogen-bond donors (Lipinski definition) is 2. The molecule has 0 atom stereocenters. The molecule has 6 heteroatoms. The molecule has 0 bridgehead atoms. The van der Waals surface area contributed by atoms with E-state index in [-0.39, 0.29) is 0 Å². The molecule has 0 aliphatic carbocycles. The minimum atomic E-state index is -0.485. The lowest BCUT2D eigenvalue weighted by Gasteiger charge is -2.10. The first-order valence-corrected chi connectivity index (χ1v) is 3.05. The maximum absolute atomic E-state index is 10.5. The normalized spacial score (nSPS) is 9.55. The molecule has 11 heavy (non-hydrogen) atoms. The van der Waals surface area contributed by atoms with Crippen molar-refractivity contribution < 1.29 is 4.79 Å². The molecule has 0 radical (unpaired) electrons. The largest absolute Gasteiger partial charge is 0.351 e. The van der Waals surface area contributed by atoms with Gasteiger partial charge in [0.25, 0.3) is 0 Å². The monoisotopic (exact) mass is 155 g/mol. The summed E-state index contributed by atoms with van der Waals surface area (Å²) in [5.74, 6) is 0.617. The smallest absolute Gasteiger partial charge is 0.314 e. The van der Waals surface area contributed by atoms with Crippen LogP contribution in [0.3, 0.4) is 0 Å². The summed E-state index contributed by atoms with van der Waals surface area (Å²) in [4.78, 5) is 15.7. The predicted molar refractivity (Wildman–Crippen MR) is 37.4 cm³/mol. The minimum absolute atomic E-state index is 0.356. The molecule has 0 unspecified atom stereocenters. The van der Waals surface area contributed by atoms with Crippen molar-refractivity contribution in [1.82, 2.24) is 20.1 Å². The van der Waals surface area contributed by atoms with Crippen molar-refractivity contribution in [3.05, 3.63) is 12.2 Å². The summed E-state index contributed by atoms with van der Waals surface area (Å²) in [5, 5.41) is 6.23. The van der Waals surface area contributed by atoms with Gasteiger partial charge in [0.05, 0.1) is 6.54 Å². The van der Waals surface area contributed by atoms with Gasteiger partial charge in [0, 0.05) is 7.05 Å². The zero-order valence-corrected chi connectivity index (χ0v) is 6.11. The van der Waals surface area contributed by atoms with Crippen LogP contribution in [0.25, 0.3) is 0 Å². The van der Waals surface area contributed by atoms with Crippen LogP contribution in [0.4, 0.5) is 4.79 Å². The lowest BCUT2D eigenvalue weighted by atomic mass is 10.5. The topological polar surface area (TPSA) is 87.9 Å². The van der Waals surface area contributed by atoms with Crippen molar-refractivity contribution in [1.29, 1.82) is 0 Å². The summed E-state index contributed by atoms with van der Waals surface area (Å²) in [6.07, 6.45) is 1.38. The predicted octanol–water partition coefficient (Wildman–Crippen LogP) is -0.685. The van der Waals surface area contributed by atoms with E-state index in [1.54, 1.807) is 7.05 Å². The van der Waals surface area contributed by atoms with E-state index in [0.29, 0.717) is 12.4 Å². The molecule has 1 rings (SSSR count). The molecule has 6 nitrogen and oxygen atoms in total. The summed E-state index contributed by atoms with van der Waals surface area (Å²) in [6.45, 7) is 0.356. The van der Waals surface area contributed by atoms with Crippen molar-refractivity contribution in [2.75, 3.05) is 7.05 Å². The van der Waals surface area contributed by atoms with Crippen LogP contribution in [-0.2, 0) is 6.54 Å². The van der Waals surface area contributed by atoms with Gasteiger partial charge in [-0.05, 0) is 0 Å². The van der Waals surface area contributed by atoms with Crippen molar-refractivity contribution in [2.24, 2.45) is 5.73 Å². The number of aromatic amines is 1. The van der Waals surface area contributed by atoms with Crippen molar-refractivity contribution in [3.8, 4) is 0 Å². The van der Waals surface area contributed by atoms with Crippen molar-refractivity contribution in [2.45, 2.75) is 6.54 Å². The highest BCUT2D eigenvalue weighted by Crippen LogP contribution is 1.91. The molecule has 60 valence electrons. The fourth-order valence-corrected chi connectivity index (χ4v) is 0.610. The van der Waals surface area contributed by atoms with Gasteiger partial charge < -0.3 is 10.6 Å². The zero-order chi connectivity index (χ0) is 8.27. The number of urea groups is 1. The molecule has 2 amide bonds.